The molecule has 1 N–H and O–H groups in total. The molecule has 0 bridgehead atoms. The maximum atomic E-state index is 3.64. The molecule has 0 aliphatic carbocycles. The molecule has 2 rings (SSSR count). The van der Waals surface area contributed by atoms with Crippen molar-refractivity contribution in [3.05, 3.63) is 0 Å². The minimum absolute atomic E-state index is 0.648. The zero-order valence-corrected chi connectivity index (χ0v) is 12.3. The molecule has 0 radical (unpaired) electrons. The molecule has 2 aliphatic rings. The van der Waals surface area contributed by atoms with E-state index in [0.29, 0.717) is 5.41 Å². The monoisotopic (exact) mass is 256 g/mol. The lowest BCUT2D eigenvalue weighted by Gasteiger charge is -2.28. The molecule has 0 spiro atoms. The van der Waals surface area contributed by atoms with Crippen LogP contribution in [0.2, 0.25) is 0 Å². The fraction of sp³-hybridized carbons (Fsp3) is 1.00. The van der Waals surface area contributed by atoms with E-state index in [9.17, 15) is 0 Å². The number of thioether (sulfide) groups is 1. The van der Waals surface area contributed by atoms with E-state index in [1.165, 1.54) is 63.4 Å². The average Bonchev–Trinajstić information content (AvgIpc) is 2.82. The Labute approximate surface area is 111 Å². The SMILES string of the molecule is CCC1(CC)CCN(CCC2CSCCN2)C1. The lowest BCUT2D eigenvalue weighted by atomic mass is 9.82. The van der Waals surface area contributed by atoms with Crippen LogP contribution in [0.15, 0.2) is 0 Å². The number of likely N-dealkylation sites (tertiary alicyclic amines) is 1. The van der Waals surface area contributed by atoms with Crippen LogP contribution in [0.5, 0.6) is 0 Å². The van der Waals surface area contributed by atoms with Gasteiger partial charge in [-0.2, -0.15) is 11.8 Å². The molecule has 2 nitrogen and oxygen atoms in total. The molecule has 0 amide bonds. The molecule has 2 heterocycles. The maximum Gasteiger partial charge on any atom is 0.0170 e. The quantitative estimate of drug-likeness (QED) is 0.814. The van der Waals surface area contributed by atoms with Crippen molar-refractivity contribution in [2.24, 2.45) is 5.41 Å². The van der Waals surface area contributed by atoms with Gasteiger partial charge in [0.05, 0.1) is 0 Å². The van der Waals surface area contributed by atoms with Crippen molar-refractivity contribution in [2.75, 3.05) is 37.7 Å². The summed E-state index contributed by atoms with van der Waals surface area (Å²) >= 11 is 2.11. The van der Waals surface area contributed by atoms with E-state index < -0.39 is 0 Å². The van der Waals surface area contributed by atoms with Crippen LogP contribution in [0.1, 0.15) is 39.5 Å². The van der Waals surface area contributed by atoms with Crippen LogP contribution in [0, 0.1) is 5.41 Å². The van der Waals surface area contributed by atoms with Gasteiger partial charge in [0.2, 0.25) is 0 Å². The first-order chi connectivity index (χ1) is 8.28. The van der Waals surface area contributed by atoms with Crippen molar-refractivity contribution in [1.29, 1.82) is 0 Å². The molecule has 0 aromatic carbocycles. The van der Waals surface area contributed by atoms with Gasteiger partial charge in [-0.25, -0.2) is 0 Å². The fourth-order valence-electron chi connectivity index (χ4n) is 3.19. The highest BCUT2D eigenvalue weighted by Gasteiger charge is 2.34. The van der Waals surface area contributed by atoms with E-state index in [4.69, 9.17) is 0 Å². The third-order valence-electron chi connectivity index (χ3n) is 4.81. The molecule has 3 heteroatoms. The fourth-order valence-corrected chi connectivity index (χ4v) is 4.19. The highest BCUT2D eigenvalue weighted by Crippen LogP contribution is 2.36. The Morgan fingerprint density at radius 3 is 2.76 bits per heavy atom. The van der Waals surface area contributed by atoms with Crippen LogP contribution in [0.3, 0.4) is 0 Å². The topological polar surface area (TPSA) is 15.3 Å². The summed E-state index contributed by atoms with van der Waals surface area (Å²) in [5, 5.41) is 3.64. The normalized spacial score (nSPS) is 29.6. The first kappa shape index (κ1) is 13.7. The number of rotatable bonds is 5. The van der Waals surface area contributed by atoms with Crippen LogP contribution >= 0.6 is 11.8 Å². The minimum atomic E-state index is 0.648. The largest absolute Gasteiger partial charge is 0.312 e. The van der Waals surface area contributed by atoms with Crippen molar-refractivity contribution < 1.29 is 0 Å². The van der Waals surface area contributed by atoms with Gasteiger partial charge in [-0.1, -0.05) is 13.8 Å². The summed E-state index contributed by atoms with van der Waals surface area (Å²) in [6.07, 6.45) is 5.48. The molecule has 0 aromatic rings. The third-order valence-corrected chi connectivity index (χ3v) is 5.94. The summed E-state index contributed by atoms with van der Waals surface area (Å²) in [7, 11) is 0. The zero-order valence-electron chi connectivity index (χ0n) is 11.5. The third kappa shape index (κ3) is 3.62. The highest BCUT2D eigenvalue weighted by atomic mass is 32.2. The number of nitrogens with zero attached hydrogens (tertiary/aromatic N) is 1. The summed E-state index contributed by atoms with van der Waals surface area (Å²) < 4.78 is 0. The molecule has 1 unspecified atom stereocenters. The summed E-state index contributed by atoms with van der Waals surface area (Å²) in [5.41, 5.74) is 0.648. The number of hydrogen-bond donors (Lipinski definition) is 1. The Hall–Kier alpha value is 0.270. The molecule has 2 fully saturated rings. The standard InChI is InChI=1S/C14H28N2S/c1-3-14(4-2)6-9-16(12-14)8-5-13-11-17-10-7-15-13/h13,15H,3-12H2,1-2H3. The van der Waals surface area contributed by atoms with E-state index in [-0.39, 0.29) is 0 Å². The Bertz CT molecular complexity index is 222. The van der Waals surface area contributed by atoms with Crippen LogP contribution in [-0.4, -0.2) is 48.6 Å². The summed E-state index contributed by atoms with van der Waals surface area (Å²) in [5.74, 6) is 2.62. The first-order valence-electron chi connectivity index (χ1n) is 7.31. The van der Waals surface area contributed by atoms with Crippen molar-refractivity contribution in [3.8, 4) is 0 Å². The van der Waals surface area contributed by atoms with Crippen LogP contribution < -0.4 is 5.32 Å². The molecule has 0 saturated carbocycles. The van der Waals surface area contributed by atoms with E-state index in [1.54, 1.807) is 0 Å². The number of hydrogen-bond acceptors (Lipinski definition) is 3. The van der Waals surface area contributed by atoms with E-state index in [0.717, 1.165) is 6.04 Å². The van der Waals surface area contributed by atoms with Crippen molar-refractivity contribution in [3.63, 3.8) is 0 Å². The Morgan fingerprint density at radius 2 is 2.18 bits per heavy atom. The van der Waals surface area contributed by atoms with Crippen LogP contribution in [0.25, 0.3) is 0 Å². The smallest absolute Gasteiger partial charge is 0.0170 e. The molecular formula is C14H28N2S. The summed E-state index contributed by atoms with van der Waals surface area (Å²) in [6, 6.07) is 0.770. The molecule has 100 valence electrons. The van der Waals surface area contributed by atoms with Crippen LogP contribution in [-0.2, 0) is 0 Å². The second-order valence-electron chi connectivity index (χ2n) is 5.75. The second kappa shape index (κ2) is 6.44. The Morgan fingerprint density at radius 1 is 1.35 bits per heavy atom. The average molecular weight is 256 g/mol. The van der Waals surface area contributed by atoms with Crippen molar-refractivity contribution in [1.82, 2.24) is 10.2 Å². The van der Waals surface area contributed by atoms with Crippen molar-refractivity contribution in [2.45, 2.75) is 45.6 Å². The van der Waals surface area contributed by atoms with Gasteiger partial charge in [0, 0.05) is 30.6 Å². The van der Waals surface area contributed by atoms with E-state index in [2.05, 4.69) is 35.8 Å². The molecule has 2 saturated heterocycles. The predicted octanol–water partition coefficient (Wildman–Crippen LogP) is 2.59. The van der Waals surface area contributed by atoms with Crippen molar-refractivity contribution >= 4 is 11.8 Å². The second-order valence-corrected chi connectivity index (χ2v) is 6.90. The predicted molar refractivity (Wildman–Crippen MR) is 77.8 cm³/mol. The number of nitrogens with one attached hydrogen (secondary N) is 1. The lowest BCUT2D eigenvalue weighted by Crippen LogP contribution is -2.40. The lowest BCUT2D eigenvalue weighted by molar-refractivity contribution is 0.234. The van der Waals surface area contributed by atoms with Gasteiger partial charge in [0.25, 0.3) is 0 Å². The van der Waals surface area contributed by atoms with Gasteiger partial charge >= 0.3 is 0 Å². The van der Waals surface area contributed by atoms with Crippen LogP contribution in [0.4, 0.5) is 0 Å². The van der Waals surface area contributed by atoms with Gasteiger partial charge in [0.1, 0.15) is 0 Å². The van der Waals surface area contributed by atoms with Gasteiger partial charge in [-0.15, -0.1) is 0 Å². The Kier molecular flexibility index (Phi) is 5.19. The maximum absolute atomic E-state index is 3.64. The zero-order chi connectivity index (χ0) is 12.1. The molecular weight excluding hydrogens is 228 g/mol. The highest BCUT2D eigenvalue weighted by molar-refractivity contribution is 7.99. The molecule has 1 atom stereocenters. The molecule has 0 aromatic heterocycles. The minimum Gasteiger partial charge on any atom is -0.312 e. The molecule has 2 aliphatic heterocycles. The Balaban J connectivity index is 1.70. The van der Waals surface area contributed by atoms with E-state index >= 15 is 0 Å². The van der Waals surface area contributed by atoms with E-state index in [1.807, 2.05) is 0 Å². The van der Waals surface area contributed by atoms with Gasteiger partial charge in [-0.05, 0) is 44.2 Å². The summed E-state index contributed by atoms with van der Waals surface area (Å²) in [6.45, 7) is 9.93. The summed E-state index contributed by atoms with van der Waals surface area (Å²) in [4.78, 5) is 2.70. The molecule has 17 heavy (non-hydrogen) atoms. The van der Waals surface area contributed by atoms with Gasteiger partial charge in [0.15, 0.2) is 0 Å². The first-order valence-corrected chi connectivity index (χ1v) is 8.47. The van der Waals surface area contributed by atoms with Gasteiger partial charge < -0.3 is 10.2 Å². The van der Waals surface area contributed by atoms with Gasteiger partial charge in [-0.3, -0.25) is 0 Å².